The van der Waals surface area contributed by atoms with Gasteiger partial charge in [-0.05, 0) is 32.0 Å². The van der Waals surface area contributed by atoms with Crippen LogP contribution < -0.4 is 5.32 Å². The molecule has 1 aliphatic rings. The van der Waals surface area contributed by atoms with E-state index in [0.717, 1.165) is 19.5 Å². The average molecular weight is 342 g/mol. The molecule has 7 nitrogen and oxygen atoms in total. The maximum Gasteiger partial charge on any atom is 0.244 e. The molecule has 2 heterocycles. The highest BCUT2D eigenvalue weighted by molar-refractivity contribution is 7.89. The van der Waals surface area contributed by atoms with Gasteiger partial charge in [0.05, 0.1) is 0 Å². The molecule has 1 fully saturated rings. The van der Waals surface area contributed by atoms with Crippen LogP contribution in [-0.2, 0) is 10.0 Å². The molecule has 130 valence electrons. The van der Waals surface area contributed by atoms with Crippen molar-refractivity contribution in [2.24, 2.45) is 0 Å². The number of sulfonamides is 1. The molecule has 1 atom stereocenters. The average Bonchev–Trinajstić information content (AvgIpc) is 2.55. The number of piperazine rings is 1. The standard InChI is InChI=1S/C15H26N4O3S/c1-3-13(6-11-20)17-15-5-4-14(12-16-15)23(21,22)19-9-7-18(2)8-10-19/h4-5,12-13,20H,3,6-11H2,1-2H3,(H,16,17). The predicted octanol–water partition coefficient (Wildman–Crippen LogP) is 0.591. The quantitative estimate of drug-likeness (QED) is 0.754. The Kier molecular flexibility index (Phi) is 6.34. The number of aromatic nitrogens is 1. The van der Waals surface area contributed by atoms with Gasteiger partial charge in [-0.1, -0.05) is 6.92 Å². The molecule has 1 aliphatic heterocycles. The number of hydrogen-bond acceptors (Lipinski definition) is 6. The summed E-state index contributed by atoms with van der Waals surface area (Å²) in [5, 5.41) is 12.2. The number of pyridine rings is 1. The Hall–Kier alpha value is -1.22. The van der Waals surface area contributed by atoms with Crippen LogP contribution in [0.1, 0.15) is 19.8 Å². The van der Waals surface area contributed by atoms with Gasteiger partial charge < -0.3 is 15.3 Å². The first-order valence-electron chi connectivity index (χ1n) is 7.99. The number of nitrogens with one attached hydrogen (secondary N) is 1. The van der Waals surface area contributed by atoms with Crippen LogP contribution in [0.15, 0.2) is 23.2 Å². The van der Waals surface area contributed by atoms with Crippen LogP contribution in [0.5, 0.6) is 0 Å². The molecule has 1 aromatic heterocycles. The molecular weight excluding hydrogens is 316 g/mol. The van der Waals surface area contributed by atoms with Crippen molar-refractivity contribution in [3.63, 3.8) is 0 Å². The number of aliphatic hydroxyl groups is 1. The minimum atomic E-state index is -3.47. The van der Waals surface area contributed by atoms with E-state index in [2.05, 4.69) is 15.2 Å². The van der Waals surface area contributed by atoms with Gasteiger partial charge in [0.1, 0.15) is 10.7 Å². The molecule has 0 bridgehead atoms. The Bertz CT molecular complexity index is 583. The van der Waals surface area contributed by atoms with E-state index in [0.29, 0.717) is 25.3 Å². The largest absolute Gasteiger partial charge is 0.396 e. The summed E-state index contributed by atoms with van der Waals surface area (Å²) >= 11 is 0. The molecule has 0 aliphatic carbocycles. The maximum absolute atomic E-state index is 12.6. The highest BCUT2D eigenvalue weighted by Gasteiger charge is 2.27. The summed E-state index contributed by atoms with van der Waals surface area (Å²) in [6.45, 7) is 4.64. The summed E-state index contributed by atoms with van der Waals surface area (Å²) in [6, 6.07) is 3.41. The fourth-order valence-corrected chi connectivity index (χ4v) is 3.91. The van der Waals surface area contributed by atoms with Crippen LogP contribution in [0.3, 0.4) is 0 Å². The smallest absolute Gasteiger partial charge is 0.244 e. The lowest BCUT2D eigenvalue weighted by Crippen LogP contribution is -2.47. The Balaban J connectivity index is 2.06. The number of likely N-dealkylation sites (N-methyl/N-ethyl adjacent to an activating group) is 1. The van der Waals surface area contributed by atoms with Crippen LogP contribution in [-0.4, -0.2) is 73.6 Å². The SMILES string of the molecule is CCC(CCO)Nc1ccc(S(=O)(=O)N2CCN(C)CC2)cn1. The van der Waals surface area contributed by atoms with Crippen LogP contribution in [0.25, 0.3) is 0 Å². The Morgan fingerprint density at radius 1 is 1.30 bits per heavy atom. The summed E-state index contributed by atoms with van der Waals surface area (Å²) in [4.78, 5) is 6.56. The first-order chi connectivity index (χ1) is 11.0. The lowest BCUT2D eigenvalue weighted by Gasteiger charge is -2.31. The number of anilines is 1. The van der Waals surface area contributed by atoms with Crippen molar-refractivity contribution >= 4 is 15.8 Å². The monoisotopic (exact) mass is 342 g/mol. The molecule has 0 amide bonds. The third kappa shape index (κ3) is 4.63. The van der Waals surface area contributed by atoms with Crippen molar-refractivity contribution in [1.29, 1.82) is 0 Å². The molecule has 1 unspecified atom stereocenters. The normalized spacial score (nSPS) is 18.7. The van der Waals surface area contributed by atoms with Gasteiger partial charge in [-0.25, -0.2) is 13.4 Å². The Morgan fingerprint density at radius 3 is 2.52 bits per heavy atom. The second-order valence-corrected chi connectivity index (χ2v) is 7.79. The number of aliphatic hydroxyl groups excluding tert-OH is 1. The van der Waals surface area contributed by atoms with Crippen molar-refractivity contribution in [2.75, 3.05) is 45.2 Å². The molecule has 23 heavy (non-hydrogen) atoms. The molecule has 0 aromatic carbocycles. The van der Waals surface area contributed by atoms with E-state index >= 15 is 0 Å². The van der Waals surface area contributed by atoms with Crippen molar-refractivity contribution in [3.05, 3.63) is 18.3 Å². The zero-order valence-corrected chi connectivity index (χ0v) is 14.6. The fourth-order valence-electron chi connectivity index (χ4n) is 2.54. The highest BCUT2D eigenvalue weighted by atomic mass is 32.2. The van der Waals surface area contributed by atoms with Gasteiger partial charge in [0, 0.05) is 45.0 Å². The van der Waals surface area contributed by atoms with E-state index in [1.165, 1.54) is 10.5 Å². The van der Waals surface area contributed by atoms with Crippen LogP contribution in [0, 0.1) is 0 Å². The van der Waals surface area contributed by atoms with Gasteiger partial charge in [-0.2, -0.15) is 4.31 Å². The molecule has 1 saturated heterocycles. The van der Waals surface area contributed by atoms with E-state index < -0.39 is 10.0 Å². The molecule has 1 aromatic rings. The lowest BCUT2D eigenvalue weighted by molar-refractivity contribution is 0.222. The van der Waals surface area contributed by atoms with Gasteiger partial charge in [-0.15, -0.1) is 0 Å². The summed E-state index contributed by atoms with van der Waals surface area (Å²) in [7, 11) is -1.48. The third-order valence-corrected chi connectivity index (χ3v) is 6.04. The zero-order valence-electron chi connectivity index (χ0n) is 13.8. The number of rotatable bonds is 7. The van der Waals surface area contributed by atoms with Gasteiger partial charge in [-0.3, -0.25) is 0 Å². The fraction of sp³-hybridized carbons (Fsp3) is 0.667. The summed E-state index contributed by atoms with van der Waals surface area (Å²) in [6.07, 6.45) is 2.91. The molecule has 0 saturated carbocycles. The Labute approximate surface area is 138 Å². The van der Waals surface area contributed by atoms with Crippen LogP contribution in [0.2, 0.25) is 0 Å². The van der Waals surface area contributed by atoms with E-state index in [-0.39, 0.29) is 17.5 Å². The van der Waals surface area contributed by atoms with E-state index in [1.54, 1.807) is 12.1 Å². The van der Waals surface area contributed by atoms with Crippen molar-refractivity contribution in [1.82, 2.24) is 14.2 Å². The molecular formula is C15H26N4O3S. The van der Waals surface area contributed by atoms with Crippen LogP contribution >= 0.6 is 0 Å². The van der Waals surface area contributed by atoms with Gasteiger partial charge in [0.2, 0.25) is 10.0 Å². The number of nitrogens with zero attached hydrogens (tertiary/aromatic N) is 3. The van der Waals surface area contributed by atoms with Gasteiger partial charge in [0.25, 0.3) is 0 Å². The zero-order chi connectivity index (χ0) is 16.9. The van der Waals surface area contributed by atoms with Crippen molar-refractivity contribution < 1.29 is 13.5 Å². The molecule has 8 heteroatoms. The van der Waals surface area contributed by atoms with E-state index in [9.17, 15) is 8.42 Å². The first-order valence-corrected chi connectivity index (χ1v) is 9.43. The Morgan fingerprint density at radius 2 is 2.00 bits per heavy atom. The highest BCUT2D eigenvalue weighted by Crippen LogP contribution is 2.18. The minimum Gasteiger partial charge on any atom is -0.396 e. The van der Waals surface area contributed by atoms with Crippen molar-refractivity contribution in [2.45, 2.75) is 30.7 Å². The van der Waals surface area contributed by atoms with E-state index in [4.69, 9.17) is 5.11 Å². The molecule has 0 radical (unpaired) electrons. The molecule has 2 N–H and O–H groups in total. The summed E-state index contributed by atoms with van der Waals surface area (Å²) < 4.78 is 26.7. The van der Waals surface area contributed by atoms with Gasteiger partial charge in [0.15, 0.2) is 0 Å². The third-order valence-electron chi connectivity index (χ3n) is 4.16. The van der Waals surface area contributed by atoms with Gasteiger partial charge >= 0.3 is 0 Å². The second kappa shape index (κ2) is 8.05. The van der Waals surface area contributed by atoms with E-state index in [1.807, 2.05) is 14.0 Å². The lowest BCUT2D eigenvalue weighted by atomic mass is 10.1. The topological polar surface area (TPSA) is 85.8 Å². The minimum absolute atomic E-state index is 0.112. The maximum atomic E-state index is 12.6. The number of hydrogen-bond donors (Lipinski definition) is 2. The predicted molar refractivity (Wildman–Crippen MR) is 89.9 cm³/mol. The summed E-state index contributed by atoms with van der Waals surface area (Å²) in [5.41, 5.74) is 0. The van der Waals surface area contributed by atoms with Crippen molar-refractivity contribution in [3.8, 4) is 0 Å². The molecule has 0 spiro atoms. The first kappa shape index (κ1) is 18.1. The molecule has 2 rings (SSSR count). The summed E-state index contributed by atoms with van der Waals surface area (Å²) in [5.74, 6) is 0.627. The second-order valence-electron chi connectivity index (χ2n) is 5.85. The van der Waals surface area contributed by atoms with Crippen LogP contribution in [0.4, 0.5) is 5.82 Å².